The van der Waals surface area contributed by atoms with E-state index in [-0.39, 0.29) is 5.91 Å². The molecule has 1 N–H and O–H groups in total. The van der Waals surface area contributed by atoms with Crippen molar-refractivity contribution in [1.29, 1.82) is 0 Å². The number of benzene rings is 1. The van der Waals surface area contributed by atoms with E-state index in [1.807, 2.05) is 43.3 Å². The third kappa shape index (κ3) is 5.65. The van der Waals surface area contributed by atoms with Crippen LogP contribution in [0.15, 0.2) is 29.4 Å². The van der Waals surface area contributed by atoms with Crippen LogP contribution in [0.1, 0.15) is 12.5 Å². The Kier molecular flexibility index (Phi) is 6.55. The number of nitrogens with one attached hydrogen (secondary N) is 1. The van der Waals surface area contributed by atoms with E-state index in [0.29, 0.717) is 6.54 Å². The first-order valence-electron chi connectivity index (χ1n) is 8.12. The lowest BCUT2D eigenvalue weighted by atomic mass is 10.2. The zero-order chi connectivity index (χ0) is 16.7. The van der Waals surface area contributed by atoms with Crippen molar-refractivity contribution >= 4 is 17.8 Å². The summed E-state index contributed by atoms with van der Waals surface area (Å²) in [4.78, 5) is 18.5. The molecule has 1 aliphatic rings. The molecule has 0 spiro atoms. The van der Waals surface area contributed by atoms with E-state index in [9.17, 15) is 4.79 Å². The molecule has 0 saturated carbocycles. The number of amides is 1. The fourth-order valence-electron chi connectivity index (χ4n) is 2.54. The third-order valence-electron chi connectivity index (χ3n) is 4.09. The highest BCUT2D eigenvalue weighted by Crippen LogP contribution is 2.10. The van der Waals surface area contributed by atoms with Crippen molar-refractivity contribution in [3.63, 3.8) is 0 Å². The lowest BCUT2D eigenvalue weighted by Crippen LogP contribution is -2.48. The van der Waals surface area contributed by atoms with E-state index in [1.54, 1.807) is 6.21 Å². The van der Waals surface area contributed by atoms with Gasteiger partial charge in [0, 0.05) is 46.0 Å². The SMILES string of the molecule is CCN1CCN(CC(=O)N/N=C\c2ccc(N(C)C)cc2)CC1. The summed E-state index contributed by atoms with van der Waals surface area (Å²) in [7, 11) is 4.01. The number of rotatable bonds is 6. The second-order valence-electron chi connectivity index (χ2n) is 5.99. The molecule has 1 aromatic carbocycles. The van der Waals surface area contributed by atoms with Gasteiger partial charge in [0.25, 0.3) is 5.91 Å². The molecule has 1 aromatic rings. The molecule has 6 nitrogen and oxygen atoms in total. The molecule has 1 heterocycles. The highest BCUT2D eigenvalue weighted by Gasteiger charge is 2.17. The Morgan fingerprint density at radius 2 is 1.78 bits per heavy atom. The normalized spacial score (nSPS) is 16.7. The van der Waals surface area contributed by atoms with E-state index in [1.165, 1.54) is 0 Å². The second-order valence-corrected chi connectivity index (χ2v) is 5.99. The Morgan fingerprint density at radius 3 is 2.35 bits per heavy atom. The van der Waals surface area contributed by atoms with Crippen LogP contribution in [0.5, 0.6) is 0 Å². The maximum absolute atomic E-state index is 11.9. The van der Waals surface area contributed by atoms with Crippen molar-refractivity contribution in [2.45, 2.75) is 6.92 Å². The molecule has 1 fully saturated rings. The lowest BCUT2D eigenvalue weighted by molar-refractivity contribution is -0.122. The highest BCUT2D eigenvalue weighted by molar-refractivity contribution is 5.83. The number of nitrogens with zero attached hydrogens (tertiary/aromatic N) is 4. The molecule has 1 aliphatic heterocycles. The topological polar surface area (TPSA) is 51.2 Å². The average molecular weight is 317 g/mol. The van der Waals surface area contributed by atoms with Crippen LogP contribution in [-0.4, -0.2) is 75.3 Å². The van der Waals surface area contributed by atoms with Gasteiger partial charge in [-0.05, 0) is 24.2 Å². The first kappa shape index (κ1) is 17.4. The molecule has 0 atom stereocenters. The van der Waals surface area contributed by atoms with Crippen molar-refractivity contribution in [1.82, 2.24) is 15.2 Å². The average Bonchev–Trinajstić information content (AvgIpc) is 2.56. The van der Waals surface area contributed by atoms with Crippen molar-refractivity contribution in [2.24, 2.45) is 5.10 Å². The summed E-state index contributed by atoms with van der Waals surface area (Å²) < 4.78 is 0. The molecule has 0 radical (unpaired) electrons. The van der Waals surface area contributed by atoms with Gasteiger partial charge in [-0.15, -0.1) is 0 Å². The molecule has 23 heavy (non-hydrogen) atoms. The van der Waals surface area contributed by atoms with Crippen LogP contribution in [0, 0.1) is 0 Å². The predicted octanol–water partition coefficient (Wildman–Crippen LogP) is 0.840. The smallest absolute Gasteiger partial charge is 0.254 e. The van der Waals surface area contributed by atoms with Crippen molar-refractivity contribution < 1.29 is 4.79 Å². The molecule has 0 aliphatic carbocycles. The second kappa shape index (κ2) is 8.64. The van der Waals surface area contributed by atoms with Gasteiger partial charge in [-0.2, -0.15) is 5.10 Å². The number of likely N-dealkylation sites (N-methyl/N-ethyl adjacent to an activating group) is 1. The highest BCUT2D eigenvalue weighted by atomic mass is 16.2. The monoisotopic (exact) mass is 317 g/mol. The first-order valence-corrected chi connectivity index (χ1v) is 8.12. The minimum Gasteiger partial charge on any atom is -0.378 e. The summed E-state index contributed by atoms with van der Waals surface area (Å²) in [5.74, 6) is -0.0592. The quantitative estimate of drug-likeness (QED) is 0.624. The van der Waals surface area contributed by atoms with Crippen molar-refractivity contribution in [2.75, 3.05) is 58.3 Å². The van der Waals surface area contributed by atoms with Gasteiger partial charge in [-0.1, -0.05) is 19.1 Å². The number of hydrazone groups is 1. The van der Waals surface area contributed by atoms with Gasteiger partial charge in [0.05, 0.1) is 12.8 Å². The maximum atomic E-state index is 11.9. The van der Waals surface area contributed by atoms with E-state index in [2.05, 4.69) is 27.3 Å². The van der Waals surface area contributed by atoms with Gasteiger partial charge < -0.3 is 9.80 Å². The molecule has 1 amide bonds. The first-order chi connectivity index (χ1) is 11.1. The number of anilines is 1. The summed E-state index contributed by atoms with van der Waals surface area (Å²) in [5.41, 5.74) is 4.71. The number of hydrogen-bond donors (Lipinski definition) is 1. The van der Waals surface area contributed by atoms with Crippen LogP contribution < -0.4 is 10.3 Å². The van der Waals surface area contributed by atoms with Crippen LogP contribution >= 0.6 is 0 Å². The summed E-state index contributed by atoms with van der Waals surface area (Å²) in [5, 5.41) is 4.04. The standard InChI is InChI=1S/C17H27N5O/c1-4-21-9-11-22(12-10-21)14-17(23)19-18-13-15-5-7-16(8-6-15)20(2)3/h5-8,13H,4,9-12,14H2,1-3H3,(H,19,23)/b18-13-. The lowest BCUT2D eigenvalue weighted by Gasteiger charge is -2.33. The van der Waals surface area contributed by atoms with Crippen molar-refractivity contribution in [3.05, 3.63) is 29.8 Å². The summed E-state index contributed by atoms with van der Waals surface area (Å²) >= 11 is 0. The summed E-state index contributed by atoms with van der Waals surface area (Å²) in [6.45, 7) is 7.61. The van der Waals surface area contributed by atoms with Crippen molar-refractivity contribution in [3.8, 4) is 0 Å². The minimum atomic E-state index is -0.0592. The molecular formula is C17H27N5O. The summed E-state index contributed by atoms with van der Waals surface area (Å²) in [6.07, 6.45) is 1.67. The van der Waals surface area contributed by atoms with E-state index >= 15 is 0 Å². The third-order valence-corrected chi connectivity index (χ3v) is 4.09. The van der Waals surface area contributed by atoms with Crippen LogP contribution in [0.3, 0.4) is 0 Å². The van der Waals surface area contributed by atoms with E-state index < -0.39 is 0 Å². The minimum absolute atomic E-state index is 0.0592. The Morgan fingerprint density at radius 1 is 1.17 bits per heavy atom. The zero-order valence-corrected chi connectivity index (χ0v) is 14.3. The number of carbonyl (C=O) groups is 1. The summed E-state index contributed by atoms with van der Waals surface area (Å²) in [6, 6.07) is 8.01. The Labute approximate surface area is 138 Å². The molecule has 0 aromatic heterocycles. The zero-order valence-electron chi connectivity index (χ0n) is 14.3. The fourth-order valence-corrected chi connectivity index (χ4v) is 2.54. The van der Waals surface area contributed by atoms with Gasteiger partial charge in [-0.25, -0.2) is 5.43 Å². The molecule has 1 saturated heterocycles. The molecule has 126 valence electrons. The fraction of sp³-hybridized carbons (Fsp3) is 0.529. The Bertz CT molecular complexity index is 518. The van der Waals surface area contributed by atoms with Gasteiger partial charge in [-0.3, -0.25) is 9.69 Å². The molecule has 6 heteroatoms. The number of carbonyl (C=O) groups excluding carboxylic acids is 1. The van der Waals surface area contributed by atoms with Gasteiger partial charge in [0.2, 0.25) is 0 Å². The van der Waals surface area contributed by atoms with Crippen LogP contribution in [0.25, 0.3) is 0 Å². The van der Waals surface area contributed by atoms with E-state index in [0.717, 1.165) is 44.0 Å². The Hall–Kier alpha value is -1.92. The van der Waals surface area contributed by atoms with Crippen LogP contribution in [0.2, 0.25) is 0 Å². The van der Waals surface area contributed by atoms with Gasteiger partial charge >= 0.3 is 0 Å². The van der Waals surface area contributed by atoms with E-state index in [4.69, 9.17) is 0 Å². The molecule has 0 unspecified atom stereocenters. The number of piperazine rings is 1. The molecule has 0 bridgehead atoms. The number of hydrogen-bond acceptors (Lipinski definition) is 5. The van der Waals surface area contributed by atoms with Gasteiger partial charge in [0.15, 0.2) is 0 Å². The predicted molar refractivity (Wildman–Crippen MR) is 95.1 cm³/mol. The van der Waals surface area contributed by atoms with Crippen LogP contribution in [-0.2, 0) is 4.79 Å². The van der Waals surface area contributed by atoms with Gasteiger partial charge in [0.1, 0.15) is 0 Å². The van der Waals surface area contributed by atoms with Crippen LogP contribution in [0.4, 0.5) is 5.69 Å². The Balaban J connectivity index is 1.73. The molecule has 2 rings (SSSR count). The molecular weight excluding hydrogens is 290 g/mol. The largest absolute Gasteiger partial charge is 0.378 e. The maximum Gasteiger partial charge on any atom is 0.254 e.